The van der Waals surface area contributed by atoms with Gasteiger partial charge in [0.25, 0.3) is 0 Å². The molecule has 2 aromatic rings. The Balaban J connectivity index is 2.10. The maximum absolute atomic E-state index is 12.6. The molecule has 2 atom stereocenters. The summed E-state index contributed by atoms with van der Waals surface area (Å²) in [7, 11) is 0. The van der Waals surface area contributed by atoms with Crippen molar-refractivity contribution in [3.63, 3.8) is 0 Å². The Morgan fingerprint density at radius 2 is 1.44 bits per heavy atom. The molecule has 0 aromatic heterocycles. The van der Waals surface area contributed by atoms with E-state index >= 15 is 0 Å². The van der Waals surface area contributed by atoms with E-state index in [4.69, 9.17) is 0 Å². The maximum Gasteiger partial charge on any atom is 0.326 e. The van der Waals surface area contributed by atoms with Crippen molar-refractivity contribution in [3.8, 4) is 0 Å². The van der Waals surface area contributed by atoms with Gasteiger partial charge in [-0.1, -0.05) is 58.4 Å². The van der Waals surface area contributed by atoms with E-state index in [1.54, 1.807) is 12.1 Å². The summed E-state index contributed by atoms with van der Waals surface area (Å²) in [6, 6.07) is 14.5. The molecule has 142 valence electrons. The van der Waals surface area contributed by atoms with Gasteiger partial charge in [0, 0.05) is 24.2 Å². The molecule has 6 nitrogen and oxygen atoms in total. The first-order valence-corrected chi connectivity index (χ1v) is 9.23. The first-order valence-electron chi connectivity index (χ1n) is 8.44. The monoisotopic (exact) mass is 432 g/mol. The number of rotatable bonds is 8. The van der Waals surface area contributed by atoms with Gasteiger partial charge in [-0.3, -0.25) is 9.59 Å². The molecule has 7 heteroatoms. The zero-order chi connectivity index (χ0) is 19.8. The lowest BCUT2D eigenvalue weighted by Crippen LogP contribution is -2.52. The molecule has 0 saturated carbocycles. The third kappa shape index (κ3) is 6.86. The highest BCUT2D eigenvalue weighted by molar-refractivity contribution is 9.10. The van der Waals surface area contributed by atoms with Crippen molar-refractivity contribution in [1.29, 1.82) is 0 Å². The van der Waals surface area contributed by atoms with Gasteiger partial charge in [-0.15, -0.1) is 0 Å². The fourth-order valence-corrected chi connectivity index (χ4v) is 2.90. The normalized spacial score (nSPS) is 12.7. The van der Waals surface area contributed by atoms with E-state index in [0.717, 1.165) is 15.6 Å². The van der Waals surface area contributed by atoms with Gasteiger partial charge in [0.15, 0.2) is 0 Å². The molecule has 0 bridgehead atoms. The van der Waals surface area contributed by atoms with Crippen molar-refractivity contribution >= 4 is 33.7 Å². The van der Waals surface area contributed by atoms with E-state index in [1.807, 2.05) is 42.5 Å². The van der Waals surface area contributed by atoms with Crippen LogP contribution in [0.4, 0.5) is 0 Å². The second kappa shape index (κ2) is 9.87. The van der Waals surface area contributed by atoms with E-state index in [1.165, 1.54) is 6.92 Å². The standard InChI is InChI=1S/C20H21BrN2O4/c1-13(24)22-17(11-14-5-3-2-4-6-14)19(25)23-18(20(26)27)12-15-7-9-16(21)10-8-15/h2-10,17-18H,11-12H2,1H3,(H,22,24)(H,23,25)(H,26,27)/t17-,18-/m1/s1. The molecule has 2 aromatic carbocycles. The van der Waals surface area contributed by atoms with Crippen LogP contribution in [0.2, 0.25) is 0 Å². The molecule has 0 saturated heterocycles. The summed E-state index contributed by atoms with van der Waals surface area (Å²) in [4.78, 5) is 35.7. The number of carboxylic acid groups (broad SMARTS) is 1. The quantitative estimate of drug-likeness (QED) is 0.596. The van der Waals surface area contributed by atoms with Crippen LogP contribution >= 0.6 is 15.9 Å². The molecule has 2 amide bonds. The smallest absolute Gasteiger partial charge is 0.326 e. The minimum absolute atomic E-state index is 0.145. The van der Waals surface area contributed by atoms with Gasteiger partial charge < -0.3 is 15.7 Å². The summed E-state index contributed by atoms with van der Waals surface area (Å²) in [5.41, 5.74) is 1.65. The minimum Gasteiger partial charge on any atom is -0.480 e. The number of nitrogens with one attached hydrogen (secondary N) is 2. The molecule has 3 N–H and O–H groups in total. The molecule has 0 unspecified atom stereocenters. The van der Waals surface area contributed by atoms with Gasteiger partial charge in [-0.2, -0.15) is 0 Å². The SMILES string of the molecule is CC(=O)N[C@H](Cc1ccccc1)C(=O)N[C@H](Cc1ccc(Br)cc1)C(=O)O. The minimum atomic E-state index is -1.13. The van der Waals surface area contributed by atoms with Gasteiger partial charge in [-0.05, 0) is 23.3 Å². The third-order valence-electron chi connectivity index (χ3n) is 3.94. The number of hydrogen-bond donors (Lipinski definition) is 3. The molecule has 0 radical (unpaired) electrons. The van der Waals surface area contributed by atoms with E-state index in [-0.39, 0.29) is 18.7 Å². The molecule has 0 fully saturated rings. The largest absolute Gasteiger partial charge is 0.480 e. The highest BCUT2D eigenvalue weighted by Gasteiger charge is 2.26. The molecular formula is C20H21BrN2O4. The molecule has 0 spiro atoms. The Bertz CT molecular complexity index is 793. The number of aliphatic carboxylic acids is 1. The number of carbonyl (C=O) groups is 3. The van der Waals surface area contributed by atoms with Crippen LogP contribution in [0.1, 0.15) is 18.1 Å². The fraction of sp³-hybridized carbons (Fsp3) is 0.250. The highest BCUT2D eigenvalue weighted by Crippen LogP contribution is 2.12. The molecule has 2 rings (SSSR count). The van der Waals surface area contributed by atoms with Crippen LogP contribution in [0.15, 0.2) is 59.1 Å². The molecule has 0 heterocycles. The van der Waals surface area contributed by atoms with E-state index in [9.17, 15) is 19.5 Å². The number of halogens is 1. The van der Waals surface area contributed by atoms with Gasteiger partial charge in [0.1, 0.15) is 12.1 Å². The molecule has 0 aliphatic carbocycles. The Morgan fingerprint density at radius 3 is 2.00 bits per heavy atom. The second-order valence-electron chi connectivity index (χ2n) is 6.17. The summed E-state index contributed by atoms with van der Waals surface area (Å²) < 4.78 is 0.885. The van der Waals surface area contributed by atoms with Crippen molar-refractivity contribution in [2.24, 2.45) is 0 Å². The summed E-state index contributed by atoms with van der Waals surface area (Å²) in [6.07, 6.45) is 0.420. The Morgan fingerprint density at radius 1 is 0.889 bits per heavy atom. The predicted octanol–water partition coefficient (Wildman–Crippen LogP) is 2.31. The van der Waals surface area contributed by atoms with Crippen LogP contribution in [0, 0.1) is 0 Å². The lowest BCUT2D eigenvalue weighted by Gasteiger charge is -2.21. The zero-order valence-electron chi connectivity index (χ0n) is 14.8. The Kier molecular flexibility index (Phi) is 7.55. The number of amides is 2. The average Bonchev–Trinajstić information content (AvgIpc) is 2.62. The summed E-state index contributed by atoms with van der Waals surface area (Å²) >= 11 is 3.33. The second-order valence-corrected chi connectivity index (χ2v) is 7.09. The first kappa shape index (κ1) is 20.6. The summed E-state index contributed by atoms with van der Waals surface area (Å²) in [5.74, 6) is -2.02. The molecule has 0 aliphatic heterocycles. The lowest BCUT2D eigenvalue weighted by molar-refractivity contribution is -0.142. The predicted molar refractivity (Wildman–Crippen MR) is 105 cm³/mol. The van der Waals surface area contributed by atoms with Crippen LogP contribution in [0.5, 0.6) is 0 Å². The number of carbonyl (C=O) groups excluding carboxylic acids is 2. The van der Waals surface area contributed by atoms with Crippen molar-refractivity contribution < 1.29 is 19.5 Å². The molecular weight excluding hydrogens is 412 g/mol. The van der Waals surface area contributed by atoms with Crippen LogP contribution in [-0.4, -0.2) is 35.0 Å². The van der Waals surface area contributed by atoms with Crippen molar-refractivity contribution in [2.75, 3.05) is 0 Å². The van der Waals surface area contributed by atoms with E-state index in [0.29, 0.717) is 0 Å². The number of hydrogen-bond acceptors (Lipinski definition) is 3. The summed E-state index contributed by atoms with van der Waals surface area (Å²) in [6.45, 7) is 1.32. The Labute approximate surface area is 166 Å². The van der Waals surface area contributed by atoms with Gasteiger partial charge in [0.2, 0.25) is 11.8 Å². The third-order valence-corrected chi connectivity index (χ3v) is 4.47. The first-order chi connectivity index (χ1) is 12.8. The van der Waals surface area contributed by atoms with Gasteiger partial charge >= 0.3 is 5.97 Å². The summed E-state index contributed by atoms with van der Waals surface area (Å²) in [5, 5.41) is 14.6. The van der Waals surface area contributed by atoms with Gasteiger partial charge in [0.05, 0.1) is 0 Å². The van der Waals surface area contributed by atoms with Crippen molar-refractivity contribution in [3.05, 3.63) is 70.2 Å². The fourth-order valence-electron chi connectivity index (χ4n) is 2.63. The number of benzene rings is 2. The van der Waals surface area contributed by atoms with Crippen LogP contribution in [-0.2, 0) is 27.2 Å². The maximum atomic E-state index is 12.6. The van der Waals surface area contributed by atoms with E-state index in [2.05, 4.69) is 26.6 Å². The van der Waals surface area contributed by atoms with Crippen molar-refractivity contribution in [2.45, 2.75) is 31.8 Å². The van der Waals surface area contributed by atoms with Crippen molar-refractivity contribution in [1.82, 2.24) is 10.6 Å². The Hall–Kier alpha value is -2.67. The highest BCUT2D eigenvalue weighted by atomic mass is 79.9. The number of carboxylic acids is 1. The molecule has 27 heavy (non-hydrogen) atoms. The van der Waals surface area contributed by atoms with Crippen LogP contribution < -0.4 is 10.6 Å². The van der Waals surface area contributed by atoms with Crippen LogP contribution in [0.3, 0.4) is 0 Å². The topological polar surface area (TPSA) is 95.5 Å². The lowest BCUT2D eigenvalue weighted by atomic mass is 10.0. The zero-order valence-corrected chi connectivity index (χ0v) is 16.4. The van der Waals surface area contributed by atoms with E-state index < -0.39 is 24.0 Å². The average molecular weight is 433 g/mol. The van der Waals surface area contributed by atoms with Gasteiger partial charge in [-0.25, -0.2) is 4.79 Å². The van der Waals surface area contributed by atoms with Crippen LogP contribution in [0.25, 0.3) is 0 Å². The molecule has 0 aliphatic rings.